The maximum atomic E-state index is 11.5. The van der Waals surface area contributed by atoms with E-state index in [1.54, 1.807) is 29.1 Å². The number of rotatable bonds is 4. The van der Waals surface area contributed by atoms with Gasteiger partial charge in [0.2, 0.25) is 0 Å². The minimum Gasteiger partial charge on any atom is -0.411 e. The highest BCUT2D eigenvalue weighted by Crippen LogP contribution is 2.20. The first-order valence-electron chi connectivity index (χ1n) is 5.60. The van der Waals surface area contributed by atoms with Crippen molar-refractivity contribution in [2.24, 2.45) is 0 Å². The van der Waals surface area contributed by atoms with Crippen LogP contribution >= 0.6 is 0 Å². The normalized spacial score (nSPS) is 19.1. The van der Waals surface area contributed by atoms with Gasteiger partial charge in [-0.3, -0.25) is 0 Å². The second kappa shape index (κ2) is 4.00. The molecule has 1 aliphatic rings. The molecule has 5 nitrogen and oxygen atoms in total. The van der Waals surface area contributed by atoms with E-state index in [9.17, 15) is 8.42 Å². The van der Waals surface area contributed by atoms with Crippen LogP contribution in [-0.2, 0) is 14.6 Å². The minimum atomic E-state index is -3.20. The number of nitrogens with zero attached hydrogens (tertiary/aromatic N) is 1. The molecule has 0 spiro atoms. The van der Waals surface area contributed by atoms with Crippen LogP contribution in [0.4, 0.5) is 0 Å². The Morgan fingerprint density at radius 1 is 1.44 bits per heavy atom. The monoisotopic (exact) mass is 267 g/mol. The number of fused-ring (bicyclic) bond motifs is 1. The highest BCUT2D eigenvalue weighted by molar-refractivity contribution is 7.90. The summed E-state index contributed by atoms with van der Waals surface area (Å²) >= 11 is 0. The molecular formula is C12H13NO4S. The number of benzene rings is 1. The number of hydrogen-bond acceptors (Lipinski definition) is 4. The fourth-order valence-electron chi connectivity index (χ4n) is 1.75. The Hall–Kier alpha value is -1.53. The Balaban J connectivity index is 1.98. The summed E-state index contributed by atoms with van der Waals surface area (Å²) in [7, 11) is -3.20. The van der Waals surface area contributed by atoms with Gasteiger partial charge in [-0.2, -0.15) is 4.73 Å². The van der Waals surface area contributed by atoms with Crippen LogP contribution in [0.2, 0.25) is 0 Å². The van der Waals surface area contributed by atoms with Gasteiger partial charge in [-0.15, -0.1) is 0 Å². The molecule has 1 fully saturated rings. The summed E-state index contributed by atoms with van der Waals surface area (Å²) in [6, 6.07) is 6.89. The highest BCUT2D eigenvalue weighted by atomic mass is 32.2. The van der Waals surface area contributed by atoms with Crippen LogP contribution in [0.5, 0.6) is 0 Å². The van der Waals surface area contributed by atoms with Crippen molar-refractivity contribution in [2.75, 3.05) is 19.5 Å². The average Bonchev–Trinajstić information content (AvgIpc) is 3.05. The Morgan fingerprint density at radius 3 is 2.89 bits per heavy atom. The van der Waals surface area contributed by atoms with Crippen molar-refractivity contribution in [3.8, 4) is 0 Å². The van der Waals surface area contributed by atoms with Crippen molar-refractivity contribution in [1.82, 2.24) is 4.73 Å². The average molecular weight is 267 g/mol. The van der Waals surface area contributed by atoms with Gasteiger partial charge in [-0.05, 0) is 18.2 Å². The predicted octanol–water partition coefficient (Wildman–Crippen LogP) is 0.872. The maximum absolute atomic E-state index is 11.5. The Labute approximate surface area is 105 Å². The van der Waals surface area contributed by atoms with Gasteiger partial charge in [0.05, 0.1) is 17.0 Å². The number of hydrogen-bond donors (Lipinski definition) is 0. The maximum Gasteiger partial charge on any atom is 0.175 e. The zero-order chi connectivity index (χ0) is 12.8. The molecule has 0 saturated carbocycles. The molecule has 0 radical (unpaired) electrons. The summed E-state index contributed by atoms with van der Waals surface area (Å²) in [6.07, 6.45) is 3.14. The van der Waals surface area contributed by atoms with E-state index in [1.165, 1.54) is 6.26 Å². The van der Waals surface area contributed by atoms with E-state index in [0.717, 1.165) is 17.5 Å². The SMILES string of the molecule is CS(=O)(=O)c1ccc2ccn(OC[C@@H]3CO3)c2c1. The van der Waals surface area contributed by atoms with Crippen LogP contribution in [0.25, 0.3) is 10.9 Å². The topological polar surface area (TPSA) is 60.8 Å². The van der Waals surface area contributed by atoms with Crippen molar-refractivity contribution in [1.29, 1.82) is 0 Å². The molecule has 1 aromatic heterocycles. The van der Waals surface area contributed by atoms with E-state index in [4.69, 9.17) is 9.57 Å². The molecule has 96 valence electrons. The summed E-state index contributed by atoms with van der Waals surface area (Å²) in [6.45, 7) is 1.21. The van der Waals surface area contributed by atoms with E-state index in [1.807, 2.05) is 6.07 Å². The van der Waals surface area contributed by atoms with Gasteiger partial charge in [0.1, 0.15) is 12.7 Å². The standard InChI is InChI=1S/C12H13NO4S/c1-18(14,15)11-3-2-9-4-5-13(12(9)6-11)17-8-10-7-16-10/h2-6,10H,7-8H2,1H3/t10-/m0/s1. The third-order valence-corrected chi connectivity index (χ3v) is 3.97. The molecule has 0 bridgehead atoms. The van der Waals surface area contributed by atoms with E-state index in [2.05, 4.69) is 0 Å². The highest BCUT2D eigenvalue weighted by Gasteiger charge is 2.23. The van der Waals surface area contributed by atoms with Gasteiger partial charge >= 0.3 is 0 Å². The molecule has 0 amide bonds. The molecule has 1 atom stereocenters. The van der Waals surface area contributed by atoms with Crippen molar-refractivity contribution in [3.05, 3.63) is 30.5 Å². The third kappa shape index (κ3) is 2.21. The molecule has 0 unspecified atom stereocenters. The lowest BCUT2D eigenvalue weighted by atomic mass is 10.2. The zero-order valence-corrected chi connectivity index (χ0v) is 10.7. The summed E-state index contributed by atoms with van der Waals surface area (Å²) < 4.78 is 29.7. The first kappa shape index (κ1) is 11.6. The lowest BCUT2D eigenvalue weighted by molar-refractivity contribution is 0.104. The number of epoxide rings is 1. The minimum absolute atomic E-state index is 0.167. The van der Waals surface area contributed by atoms with Crippen molar-refractivity contribution in [3.63, 3.8) is 0 Å². The number of aromatic nitrogens is 1. The molecule has 1 aromatic carbocycles. The third-order valence-electron chi connectivity index (χ3n) is 2.86. The quantitative estimate of drug-likeness (QED) is 0.771. The molecule has 1 saturated heterocycles. The molecule has 6 heteroatoms. The van der Waals surface area contributed by atoms with E-state index >= 15 is 0 Å². The summed E-state index contributed by atoms with van der Waals surface area (Å²) in [5, 5.41) is 0.944. The summed E-state index contributed by atoms with van der Waals surface area (Å²) in [4.78, 5) is 5.84. The zero-order valence-electron chi connectivity index (χ0n) is 9.87. The summed E-state index contributed by atoms with van der Waals surface area (Å²) in [5.74, 6) is 0. The van der Waals surface area contributed by atoms with Crippen LogP contribution in [0.15, 0.2) is 35.4 Å². The number of ether oxygens (including phenoxy) is 1. The van der Waals surface area contributed by atoms with Gasteiger partial charge in [-0.25, -0.2) is 8.42 Å². The second-order valence-corrected chi connectivity index (χ2v) is 6.40. The Kier molecular flexibility index (Phi) is 2.57. The second-order valence-electron chi connectivity index (χ2n) is 4.39. The van der Waals surface area contributed by atoms with Crippen LogP contribution in [-0.4, -0.2) is 38.7 Å². The summed E-state index contributed by atoms with van der Waals surface area (Å²) in [5.41, 5.74) is 0.749. The lowest BCUT2D eigenvalue weighted by Crippen LogP contribution is -2.15. The van der Waals surface area contributed by atoms with Crippen LogP contribution in [0, 0.1) is 0 Å². The first-order chi connectivity index (χ1) is 8.54. The molecule has 0 aliphatic carbocycles. The Morgan fingerprint density at radius 2 is 2.22 bits per heavy atom. The molecule has 0 N–H and O–H groups in total. The van der Waals surface area contributed by atoms with E-state index < -0.39 is 9.84 Å². The molecule has 1 aliphatic heterocycles. The largest absolute Gasteiger partial charge is 0.411 e. The Bertz CT molecular complexity index is 685. The van der Waals surface area contributed by atoms with Crippen molar-refractivity contribution < 1.29 is 18.0 Å². The molecule has 3 rings (SSSR count). The smallest absolute Gasteiger partial charge is 0.175 e. The molecule has 18 heavy (non-hydrogen) atoms. The van der Waals surface area contributed by atoms with Crippen LogP contribution in [0.3, 0.4) is 0 Å². The van der Waals surface area contributed by atoms with Crippen molar-refractivity contribution in [2.45, 2.75) is 11.0 Å². The van der Waals surface area contributed by atoms with Crippen molar-refractivity contribution >= 4 is 20.7 Å². The van der Waals surface area contributed by atoms with Gasteiger partial charge in [0, 0.05) is 17.8 Å². The fraction of sp³-hybridized carbons (Fsp3) is 0.333. The van der Waals surface area contributed by atoms with Gasteiger partial charge in [0.15, 0.2) is 9.84 Å². The molecular weight excluding hydrogens is 254 g/mol. The van der Waals surface area contributed by atoms with E-state index in [-0.39, 0.29) is 6.10 Å². The molecule has 2 heterocycles. The van der Waals surface area contributed by atoms with Gasteiger partial charge in [-0.1, -0.05) is 6.07 Å². The first-order valence-corrected chi connectivity index (χ1v) is 7.49. The van der Waals surface area contributed by atoms with Crippen LogP contribution in [0.1, 0.15) is 0 Å². The predicted molar refractivity (Wildman–Crippen MR) is 66.2 cm³/mol. The fourth-order valence-corrected chi connectivity index (χ4v) is 2.40. The molecule has 2 aromatic rings. The number of sulfone groups is 1. The van der Waals surface area contributed by atoms with Gasteiger partial charge < -0.3 is 9.57 Å². The van der Waals surface area contributed by atoms with Crippen LogP contribution < -0.4 is 4.84 Å². The lowest BCUT2D eigenvalue weighted by Gasteiger charge is -2.07. The van der Waals surface area contributed by atoms with E-state index in [0.29, 0.717) is 11.5 Å². The van der Waals surface area contributed by atoms with Gasteiger partial charge in [0.25, 0.3) is 0 Å².